The van der Waals surface area contributed by atoms with E-state index < -0.39 is 17.2 Å². The van der Waals surface area contributed by atoms with Crippen LogP contribution in [0, 0.1) is 5.92 Å². The Labute approximate surface area is 109 Å². The Kier molecular flexibility index (Phi) is 3.84. The van der Waals surface area contributed by atoms with Gasteiger partial charge in [0.2, 0.25) is 0 Å². The Bertz CT molecular complexity index is 589. The van der Waals surface area contributed by atoms with Gasteiger partial charge in [0.25, 0.3) is 5.56 Å². The summed E-state index contributed by atoms with van der Waals surface area (Å²) in [6, 6.07) is 0. The smallest absolute Gasteiger partial charge is 0.352 e. The van der Waals surface area contributed by atoms with Crippen molar-refractivity contribution in [2.24, 2.45) is 5.92 Å². The van der Waals surface area contributed by atoms with Gasteiger partial charge in [0, 0.05) is 13.1 Å². The topological polar surface area (TPSA) is 106 Å². The van der Waals surface area contributed by atoms with E-state index in [0.717, 1.165) is 25.9 Å². The van der Waals surface area contributed by atoms with Gasteiger partial charge in [0.1, 0.15) is 5.69 Å². The minimum atomic E-state index is -1.29. The van der Waals surface area contributed by atoms with E-state index >= 15 is 0 Å². The first-order valence-electron chi connectivity index (χ1n) is 6.28. The van der Waals surface area contributed by atoms with Crippen LogP contribution in [0.1, 0.15) is 35.8 Å². The molecule has 1 atom stereocenters. The zero-order valence-electron chi connectivity index (χ0n) is 10.7. The lowest BCUT2D eigenvalue weighted by Crippen LogP contribution is -2.38. The quantitative estimate of drug-likeness (QED) is 0.714. The molecule has 0 aromatic carbocycles. The molecule has 1 aromatic heterocycles. The molecule has 2 heterocycles. The van der Waals surface area contributed by atoms with E-state index in [2.05, 4.69) is 16.9 Å². The van der Waals surface area contributed by atoms with Crippen molar-refractivity contribution in [1.82, 2.24) is 14.9 Å². The Morgan fingerprint density at radius 3 is 2.79 bits per heavy atom. The van der Waals surface area contributed by atoms with Crippen molar-refractivity contribution in [3.05, 3.63) is 32.1 Å². The highest BCUT2D eigenvalue weighted by molar-refractivity contribution is 5.86. The first-order chi connectivity index (χ1) is 8.97. The van der Waals surface area contributed by atoms with Crippen LogP contribution in [0.25, 0.3) is 0 Å². The molecule has 7 heteroatoms. The number of carboxylic acids is 1. The van der Waals surface area contributed by atoms with Gasteiger partial charge in [-0.3, -0.25) is 14.7 Å². The normalized spacial score (nSPS) is 20.4. The van der Waals surface area contributed by atoms with Crippen molar-refractivity contribution in [3.8, 4) is 0 Å². The van der Waals surface area contributed by atoms with Gasteiger partial charge < -0.3 is 10.1 Å². The SMILES string of the molecule is CC1CCCN(Cc2c(C(=O)O)[nH]c(=O)[nH]c2=O)C1. The van der Waals surface area contributed by atoms with Crippen molar-refractivity contribution >= 4 is 5.97 Å². The number of hydrogen-bond donors (Lipinski definition) is 3. The van der Waals surface area contributed by atoms with Gasteiger partial charge in [-0.2, -0.15) is 0 Å². The molecular formula is C12H17N3O4. The molecule has 1 fully saturated rings. The lowest BCUT2D eigenvalue weighted by Gasteiger charge is -2.30. The van der Waals surface area contributed by atoms with Gasteiger partial charge in [-0.05, 0) is 25.3 Å². The average molecular weight is 267 g/mol. The Balaban J connectivity index is 2.31. The van der Waals surface area contributed by atoms with Crippen LogP contribution in [0.5, 0.6) is 0 Å². The van der Waals surface area contributed by atoms with Crippen molar-refractivity contribution in [3.63, 3.8) is 0 Å². The average Bonchev–Trinajstić information content (AvgIpc) is 2.32. The van der Waals surface area contributed by atoms with Crippen LogP contribution < -0.4 is 11.2 Å². The van der Waals surface area contributed by atoms with Crippen LogP contribution in [0.4, 0.5) is 0 Å². The van der Waals surface area contributed by atoms with E-state index in [9.17, 15) is 14.4 Å². The highest BCUT2D eigenvalue weighted by atomic mass is 16.4. The molecule has 0 spiro atoms. The molecule has 0 radical (unpaired) electrons. The predicted molar refractivity (Wildman–Crippen MR) is 68.3 cm³/mol. The molecule has 1 saturated heterocycles. The number of rotatable bonds is 3. The van der Waals surface area contributed by atoms with E-state index in [1.807, 2.05) is 4.90 Å². The summed E-state index contributed by atoms with van der Waals surface area (Å²) in [6.45, 7) is 4.04. The van der Waals surface area contributed by atoms with E-state index in [0.29, 0.717) is 5.92 Å². The third-order valence-electron chi connectivity index (χ3n) is 3.38. The zero-order valence-corrected chi connectivity index (χ0v) is 10.7. The number of H-pyrrole nitrogens is 2. The number of aromatic amines is 2. The van der Waals surface area contributed by atoms with Crippen LogP contribution in [0.2, 0.25) is 0 Å². The predicted octanol–water partition coefficient (Wildman–Crippen LogP) is -0.00670. The van der Waals surface area contributed by atoms with Gasteiger partial charge in [-0.25, -0.2) is 9.59 Å². The molecule has 0 aliphatic carbocycles. The number of aromatic carboxylic acids is 1. The zero-order chi connectivity index (χ0) is 14.0. The molecule has 1 unspecified atom stereocenters. The number of hydrogen-bond acceptors (Lipinski definition) is 4. The molecule has 0 amide bonds. The molecule has 2 rings (SSSR count). The molecule has 1 aromatic rings. The number of carboxylic acid groups (broad SMARTS) is 1. The molecule has 19 heavy (non-hydrogen) atoms. The highest BCUT2D eigenvalue weighted by Gasteiger charge is 2.21. The fourth-order valence-corrected chi connectivity index (χ4v) is 2.50. The Hall–Kier alpha value is -1.89. The van der Waals surface area contributed by atoms with Crippen LogP contribution >= 0.6 is 0 Å². The third kappa shape index (κ3) is 3.11. The van der Waals surface area contributed by atoms with Gasteiger partial charge >= 0.3 is 11.7 Å². The standard InChI is InChI=1S/C12H17N3O4/c1-7-3-2-4-15(5-7)6-8-9(11(17)18)13-12(19)14-10(8)16/h7H,2-6H2,1H3,(H,17,18)(H2,13,14,16,19). The van der Waals surface area contributed by atoms with E-state index in [1.165, 1.54) is 0 Å². The molecule has 1 aliphatic heterocycles. The maximum absolute atomic E-state index is 11.8. The number of piperidine rings is 1. The van der Waals surface area contributed by atoms with Crippen LogP contribution in [-0.2, 0) is 6.54 Å². The third-order valence-corrected chi connectivity index (χ3v) is 3.38. The largest absolute Gasteiger partial charge is 0.477 e. The fraction of sp³-hybridized carbons (Fsp3) is 0.583. The summed E-state index contributed by atoms with van der Waals surface area (Å²) in [7, 11) is 0. The lowest BCUT2D eigenvalue weighted by molar-refractivity contribution is 0.0686. The minimum Gasteiger partial charge on any atom is -0.477 e. The maximum atomic E-state index is 11.8. The molecule has 1 aliphatic rings. The summed E-state index contributed by atoms with van der Waals surface area (Å²) in [5.41, 5.74) is -1.62. The van der Waals surface area contributed by atoms with Crippen molar-refractivity contribution in [1.29, 1.82) is 0 Å². The summed E-state index contributed by atoms with van der Waals surface area (Å²) < 4.78 is 0. The number of likely N-dealkylation sites (tertiary alicyclic amines) is 1. The van der Waals surface area contributed by atoms with Crippen molar-refractivity contribution in [2.45, 2.75) is 26.3 Å². The fourth-order valence-electron chi connectivity index (χ4n) is 2.50. The van der Waals surface area contributed by atoms with Gasteiger partial charge in [-0.1, -0.05) is 6.92 Å². The van der Waals surface area contributed by atoms with Crippen molar-refractivity contribution < 1.29 is 9.90 Å². The number of carbonyl (C=O) groups is 1. The summed E-state index contributed by atoms with van der Waals surface area (Å²) in [4.78, 5) is 40.3. The molecule has 0 bridgehead atoms. The number of nitrogens with one attached hydrogen (secondary N) is 2. The molecular weight excluding hydrogens is 250 g/mol. The first kappa shape index (κ1) is 13.5. The Morgan fingerprint density at radius 1 is 1.42 bits per heavy atom. The molecule has 7 nitrogen and oxygen atoms in total. The first-order valence-corrected chi connectivity index (χ1v) is 6.28. The molecule has 104 valence electrons. The Morgan fingerprint density at radius 2 is 2.16 bits per heavy atom. The van der Waals surface area contributed by atoms with Crippen LogP contribution in [0.3, 0.4) is 0 Å². The van der Waals surface area contributed by atoms with Crippen LogP contribution in [0.15, 0.2) is 9.59 Å². The van der Waals surface area contributed by atoms with Gasteiger partial charge in [-0.15, -0.1) is 0 Å². The van der Waals surface area contributed by atoms with Gasteiger partial charge in [0.15, 0.2) is 0 Å². The van der Waals surface area contributed by atoms with Crippen LogP contribution in [-0.4, -0.2) is 39.0 Å². The van der Waals surface area contributed by atoms with E-state index in [4.69, 9.17) is 5.11 Å². The molecule has 0 saturated carbocycles. The summed E-state index contributed by atoms with van der Waals surface area (Å²) in [5.74, 6) is -0.757. The summed E-state index contributed by atoms with van der Waals surface area (Å²) >= 11 is 0. The number of nitrogens with zero attached hydrogens (tertiary/aromatic N) is 1. The summed E-state index contributed by atoms with van der Waals surface area (Å²) in [5, 5.41) is 9.05. The minimum absolute atomic E-state index is 0.112. The second-order valence-electron chi connectivity index (χ2n) is 5.05. The summed E-state index contributed by atoms with van der Waals surface area (Å²) in [6.07, 6.45) is 2.18. The van der Waals surface area contributed by atoms with E-state index in [1.54, 1.807) is 0 Å². The van der Waals surface area contributed by atoms with E-state index in [-0.39, 0.29) is 17.8 Å². The van der Waals surface area contributed by atoms with Crippen molar-refractivity contribution in [2.75, 3.05) is 13.1 Å². The highest BCUT2D eigenvalue weighted by Crippen LogP contribution is 2.17. The second kappa shape index (κ2) is 5.40. The number of aromatic nitrogens is 2. The molecule has 3 N–H and O–H groups in total. The second-order valence-corrected chi connectivity index (χ2v) is 5.05. The lowest BCUT2D eigenvalue weighted by atomic mass is 10.00. The monoisotopic (exact) mass is 267 g/mol. The maximum Gasteiger partial charge on any atom is 0.352 e. The van der Waals surface area contributed by atoms with Gasteiger partial charge in [0.05, 0.1) is 5.56 Å².